The van der Waals surface area contributed by atoms with Crippen LogP contribution in [-0.2, 0) is 4.79 Å². The van der Waals surface area contributed by atoms with Gasteiger partial charge < -0.3 is 0 Å². The molecule has 0 bridgehead atoms. The Bertz CT molecular complexity index is 1160. The average molecular weight is 418 g/mol. The quantitative estimate of drug-likeness (QED) is 0.733. The number of benzene rings is 2. The monoisotopic (exact) mass is 418 g/mol. The van der Waals surface area contributed by atoms with E-state index in [4.69, 9.17) is 7.49 Å². The van der Waals surface area contributed by atoms with E-state index in [1.165, 1.54) is 35.4 Å². The van der Waals surface area contributed by atoms with E-state index in [0.717, 1.165) is 24.5 Å². The van der Waals surface area contributed by atoms with Crippen molar-refractivity contribution in [3.63, 3.8) is 0 Å². The van der Waals surface area contributed by atoms with Gasteiger partial charge in [0.15, 0.2) is 0 Å². The van der Waals surface area contributed by atoms with E-state index >= 15 is 0 Å². The van der Waals surface area contributed by atoms with Gasteiger partial charge in [-0.3, -0.25) is 0 Å². The summed E-state index contributed by atoms with van der Waals surface area (Å²) >= 11 is 0. The number of halogens is 2. The third-order valence-corrected chi connectivity index (χ3v) is 5.09. The van der Waals surface area contributed by atoms with Crippen LogP contribution in [0.5, 0.6) is 0 Å². The molecule has 1 radical (unpaired) electrons. The third-order valence-electron chi connectivity index (χ3n) is 5.09. The van der Waals surface area contributed by atoms with Crippen LogP contribution < -0.4 is 15.5 Å². The van der Waals surface area contributed by atoms with Gasteiger partial charge in [0.05, 0.1) is 0 Å². The van der Waals surface area contributed by atoms with Crippen LogP contribution in [0.3, 0.4) is 0 Å². The van der Waals surface area contributed by atoms with Gasteiger partial charge in [-0.1, -0.05) is 0 Å². The fourth-order valence-corrected chi connectivity index (χ4v) is 3.12. The van der Waals surface area contributed by atoms with Gasteiger partial charge in [-0.15, -0.1) is 0 Å². The number of hydrogen-bond acceptors (Lipinski definition) is 3. The fourth-order valence-electron chi connectivity index (χ4n) is 3.12. The SMILES string of the molecule is [B]=C1C=CC(C(=O)Nc2cc(C(=O)NC3CC3)ccc2C)=CN1c1cccc(F)c1F. The molecule has 1 fully saturated rings. The van der Waals surface area contributed by atoms with Crippen molar-refractivity contribution in [3.8, 4) is 0 Å². The third kappa shape index (κ3) is 4.48. The standard InChI is InChI=1S/C23H19BF2N3O2/c1-13-5-6-14(22(30)27-16-8-9-16)11-18(13)28-23(31)15-7-10-20(24)29(12-15)19-4-2-3-17(25)21(19)26/h2-7,10-12,16H,8-9H2,1H3,(H,27,30)(H,28,31). The predicted octanol–water partition coefficient (Wildman–Crippen LogP) is 3.36. The van der Waals surface area contributed by atoms with Gasteiger partial charge in [0, 0.05) is 0 Å². The Morgan fingerprint density at radius 3 is 2.61 bits per heavy atom. The van der Waals surface area contributed by atoms with Gasteiger partial charge in [-0.05, 0) is 12.8 Å². The first-order valence-corrected chi connectivity index (χ1v) is 9.82. The van der Waals surface area contributed by atoms with Crippen LogP contribution in [0.1, 0.15) is 28.8 Å². The van der Waals surface area contributed by atoms with Gasteiger partial charge in [0.2, 0.25) is 0 Å². The molecule has 0 aromatic heterocycles. The van der Waals surface area contributed by atoms with Crippen molar-refractivity contribution >= 4 is 36.3 Å². The molecule has 0 unspecified atom stereocenters. The van der Waals surface area contributed by atoms with Crippen molar-refractivity contribution in [2.75, 3.05) is 10.2 Å². The van der Waals surface area contributed by atoms with E-state index in [1.54, 1.807) is 18.2 Å². The summed E-state index contributed by atoms with van der Waals surface area (Å²) in [6.07, 6.45) is 6.21. The van der Waals surface area contributed by atoms with E-state index in [9.17, 15) is 18.4 Å². The van der Waals surface area contributed by atoms with Crippen LogP contribution >= 0.6 is 0 Å². The van der Waals surface area contributed by atoms with Crippen LogP contribution in [0.4, 0.5) is 20.2 Å². The average Bonchev–Trinajstić information content (AvgIpc) is 3.56. The molecular formula is C23H19BF2N3O2. The van der Waals surface area contributed by atoms with Crippen molar-refractivity contribution in [2.24, 2.45) is 0 Å². The van der Waals surface area contributed by atoms with E-state index in [0.29, 0.717) is 11.3 Å². The summed E-state index contributed by atoms with van der Waals surface area (Å²) in [5, 5.41) is 5.68. The maximum absolute atomic E-state index is 14.2. The minimum absolute atomic E-state index is 0.109. The molecule has 31 heavy (non-hydrogen) atoms. The van der Waals surface area contributed by atoms with Crippen molar-refractivity contribution in [1.29, 1.82) is 0 Å². The van der Waals surface area contributed by atoms with Crippen molar-refractivity contribution in [1.82, 2.24) is 5.32 Å². The van der Waals surface area contributed by atoms with Gasteiger partial charge in [-0.25, -0.2) is 0 Å². The van der Waals surface area contributed by atoms with Crippen LogP contribution in [0.25, 0.3) is 0 Å². The Morgan fingerprint density at radius 1 is 1.10 bits per heavy atom. The first-order chi connectivity index (χ1) is 14.8. The fraction of sp³-hybridized carbons (Fsp3) is 0.174. The van der Waals surface area contributed by atoms with Crippen LogP contribution in [0.2, 0.25) is 0 Å². The van der Waals surface area contributed by atoms with E-state index in [2.05, 4.69) is 10.6 Å². The zero-order chi connectivity index (χ0) is 22.1. The molecule has 2 aromatic carbocycles. The van der Waals surface area contributed by atoms with Crippen LogP contribution in [0, 0.1) is 18.6 Å². The maximum atomic E-state index is 14.2. The molecule has 8 heteroatoms. The summed E-state index contributed by atoms with van der Waals surface area (Å²) in [6.45, 7) is 1.81. The number of carbonyl (C=O) groups excluding carboxylic acids is 2. The van der Waals surface area contributed by atoms with E-state index in [1.807, 2.05) is 6.92 Å². The number of amides is 2. The zero-order valence-corrected chi connectivity index (χ0v) is 16.8. The summed E-state index contributed by atoms with van der Waals surface area (Å²) in [6, 6.07) is 9.01. The van der Waals surface area contributed by atoms with Gasteiger partial charge in [0.25, 0.3) is 0 Å². The molecule has 1 heterocycles. The summed E-state index contributed by atoms with van der Waals surface area (Å²) in [4.78, 5) is 26.4. The molecule has 1 aliphatic carbocycles. The molecule has 2 aliphatic rings. The molecule has 1 saturated carbocycles. The Labute approximate surface area is 179 Å². The topological polar surface area (TPSA) is 61.4 Å². The number of anilines is 2. The summed E-state index contributed by atoms with van der Waals surface area (Å²) in [5.74, 6) is -2.75. The molecule has 2 aromatic rings. The molecule has 1 aliphatic heterocycles. The predicted molar refractivity (Wildman–Crippen MR) is 117 cm³/mol. The Kier molecular flexibility index (Phi) is 5.54. The number of carbonyl (C=O) groups is 2. The second kappa shape index (κ2) is 8.30. The first kappa shape index (κ1) is 20.7. The molecular weight excluding hydrogens is 399 g/mol. The molecule has 0 spiro atoms. The second-order valence-electron chi connectivity index (χ2n) is 7.52. The number of nitrogens with one attached hydrogen (secondary N) is 2. The molecule has 5 nitrogen and oxygen atoms in total. The number of nitrogens with zero attached hydrogens (tertiary/aromatic N) is 1. The van der Waals surface area contributed by atoms with Crippen LogP contribution in [0.15, 0.2) is 60.3 Å². The van der Waals surface area contributed by atoms with Crippen molar-refractivity contribution in [2.45, 2.75) is 25.8 Å². The Morgan fingerprint density at radius 2 is 1.87 bits per heavy atom. The molecule has 0 atom stereocenters. The van der Waals surface area contributed by atoms with Crippen molar-refractivity contribution < 1.29 is 18.4 Å². The summed E-state index contributed by atoms with van der Waals surface area (Å²) in [7, 11) is 5.91. The molecule has 2 amide bonds. The summed E-state index contributed by atoms with van der Waals surface area (Å²) < 4.78 is 27.9. The van der Waals surface area contributed by atoms with E-state index < -0.39 is 17.5 Å². The minimum atomic E-state index is -1.07. The summed E-state index contributed by atoms with van der Waals surface area (Å²) in [5.41, 5.74) is 1.91. The Hall–Kier alpha value is -3.55. The number of hydrogen-bond donors (Lipinski definition) is 2. The van der Waals surface area contributed by atoms with E-state index in [-0.39, 0.29) is 28.8 Å². The zero-order valence-electron chi connectivity index (χ0n) is 16.8. The number of aryl methyl sites for hydroxylation is 1. The normalized spacial score (nSPS) is 15.5. The molecule has 4 rings (SSSR count). The molecule has 155 valence electrons. The van der Waals surface area contributed by atoms with Crippen LogP contribution in [-0.4, -0.2) is 30.9 Å². The second-order valence-corrected chi connectivity index (χ2v) is 7.52. The Balaban J connectivity index is 1.56. The molecule has 0 saturated heterocycles. The van der Waals surface area contributed by atoms with Crippen molar-refractivity contribution in [3.05, 3.63) is 83.1 Å². The van der Waals surface area contributed by atoms with Gasteiger partial charge in [-0.2, -0.15) is 0 Å². The number of rotatable bonds is 5. The van der Waals surface area contributed by atoms with Gasteiger partial charge >= 0.3 is 166 Å². The van der Waals surface area contributed by atoms with Gasteiger partial charge in [0.1, 0.15) is 0 Å². The first-order valence-electron chi connectivity index (χ1n) is 9.82. The molecule has 2 N–H and O–H groups in total.